The summed E-state index contributed by atoms with van der Waals surface area (Å²) in [5.41, 5.74) is 1.09. The average Bonchev–Trinajstić information content (AvgIpc) is 3.21. The zero-order chi connectivity index (χ0) is 17.2. The van der Waals surface area contributed by atoms with Crippen LogP contribution in [0.4, 0.5) is 5.82 Å². The minimum absolute atomic E-state index is 0.0493. The SMILES string of the molecule is Cc1cc(NC(=O)CN2CCC(c3nc4ccccc4s3)CC2)no1. The molecular formula is C18H20N4O2S. The third-order valence-corrected chi connectivity index (χ3v) is 5.71. The molecular weight excluding hydrogens is 336 g/mol. The number of anilines is 1. The number of para-hydroxylation sites is 1. The van der Waals surface area contributed by atoms with Gasteiger partial charge < -0.3 is 9.84 Å². The molecule has 4 rings (SSSR count). The lowest BCUT2D eigenvalue weighted by molar-refractivity contribution is -0.117. The van der Waals surface area contributed by atoms with E-state index in [9.17, 15) is 4.79 Å². The molecule has 1 amide bonds. The van der Waals surface area contributed by atoms with E-state index in [-0.39, 0.29) is 5.91 Å². The fourth-order valence-electron chi connectivity index (χ4n) is 3.21. The van der Waals surface area contributed by atoms with Gasteiger partial charge in [0.25, 0.3) is 0 Å². The van der Waals surface area contributed by atoms with Crippen molar-refractivity contribution in [2.45, 2.75) is 25.7 Å². The third kappa shape index (κ3) is 3.72. The molecule has 0 radical (unpaired) electrons. The Morgan fingerprint density at radius 3 is 2.88 bits per heavy atom. The number of carbonyl (C=O) groups excluding carboxylic acids is 1. The molecule has 1 aliphatic heterocycles. The number of nitrogens with zero attached hydrogens (tertiary/aromatic N) is 3. The monoisotopic (exact) mass is 356 g/mol. The highest BCUT2D eigenvalue weighted by Crippen LogP contribution is 2.33. The predicted octanol–water partition coefficient (Wildman–Crippen LogP) is 3.41. The highest BCUT2D eigenvalue weighted by Gasteiger charge is 2.24. The normalized spacial score (nSPS) is 16.4. The first-order valence-corrected chi connectivity index (χ1v) is 9.30. The molecule has 0 bridgehead atoms. The van der Waals surface area contributed by atoms with Crippen molar-refractivity contribution in [2.75, 3.05) is 25.0 Å². The fraction of sp³-hybridized carbons (Fsp3) is 0.389. The van der Waals surface area contributed by atoms with Gasteiger partial charge in [-0.3, -0.25) is 9.69 Å². The number of amides is 1. The molecule has 0 atom stereocenters. The Morgan fingerprint density at radius 1 is 1.36 bits per heavy atom. The van der Waals surface area contributed by atoms with Crippen LogP contribution in [0.1, 0.15) is 29.5 Å². The summed E-state index contributed by atoms with van der Waals surface area (Å²) in [5.74, 6) is 1.61. The number of likely N-dealkylation sites (tertiary alicyclic amines) is 1. The topological polar surface area (TPSA) is 71.3 Å². The van der Waals surface area contributed by atoms with E-state index in [1.807, 2.05) is 6.07 Å². The molecule has 1 fully saturated rings. The van der Waals surface area contributed by atoms with E-state index in [2.05, 4.69) is 33.6 Å². The van der Waals surface area contributed by atoms with E-state index in [0.29, 0.717) is 24.0 Å². The van der Waals surface area contributed by atoms with Crippen LogP contribution in [0.15, 0.2) is 34.9 Å². The maximum absolute atomic E-state index is 12.1. The summed E-state index contributed by atoms with van der Waals surface area (Å²) in [6.45, 7) is 4.01. The minimum atomic E-state index is -0.0493. The third-order valence-electron chi connectivity index (χ3n) is 4.51. The molecule has 6 nitrogen and oxygen atoms in total. The van der Waals surface area contributed by atoms with Crippen molar-refractivity contribution in [3.63, 3.8) is 0 Å². The van der Waals surface area contributed by atoms with Crippen molar-refractivity contribution >= 4 is 33.3 Å². The molecule has 0 aliphatic carbocycles. The van der Waals surface area contributed by atoms with Crippen LogP contribution in [-0.4, -0.2) is 40.6 Å². The van der Waals surface area contributed by atoms with E-state index in [0.717, 1.165) is 31.4 Å². The Kier molecular flexibility index (Phi) is 4.50. The van der Waals surface area contributed by atoms with E-state index < -0.39 is 0 Å². The lowest BCUT2D eigenvalue weighted by atomic mass is 9.97. The van der Waals surface area contributed by atoms with E-state index in [1.54, 1.807) is 24.3 Å². The summed E-state index contributed by atoms with van der Waals surface area (Å²) in [7, 11) is 0. The Balaban J connectivity index is 1.31. The zero-order valence-electron chi connectivity index (χ0n) is 14.1. The molecule has 0 saturated carbocycles. The van der Waals surface area contributed by atoms with Crippen molar-refractivity contribution < 1.29 is 9.32 Å². The molecule has 1 saturated heterocycles. The predicted molar refractivity (Wildman–Crippen MR) is 97.9 cm³/mol. The van der Waals surface area contributed by atoms with Crippen LogP contribution in [0, 0.1) is 6.92 Å². The molecule has 3 heterocycles. The van der Waals surface area contributed by atoms with Gasteiger partial charge >= 0.3 is 0 Å². The molecule has 1 aliphatic rings. The Morgan fingerprint density at radius 2 is 2.16 bits per heavy atom. The number of fused-ring (bicyclic) bond motifs is 1. The first-order valence-electron chi connectivity index (χ1n) is 8.48. The van der Waals surface area contributed by atoms with E-state index >= 15 is 0 Å². The summed E-state index contributed by atoms with van der Waals surface area (Å²) < 4.78 is 6.21. The smallest absolute Gasteiger partial charge is 0.239 e. The van der Waals surface area contributed by atoms with Gasteiger partial charge in [0.2, 0.25) is 5.91 Å². The van der Waals surface area contributed by atoms with Crippen molar-refractivity contribution in [3.8, 4) is 0 Å². The Labute approximate surface area is 149 Å². The van der Waals surface area contributed by atoms with Crippen molar-refractivity contribution in [2.24, 2.45) is 0 Å². The number of thiazole rings is 1. The number of carbonyl (C=O) groups is 1. The summed E-state index contributed by atoms with van der Waals surface area (Å²) >= 11 is 1.80. The first-order chi connectivity index (χ1) is 12.2. The number of aryl methyl sites for hydroxylation is 1. The molecule has 130 valence electrons. The van der Waals surface area contributed by atoms with Gasteiger partial charge in [-0.2, -0.15) is 0 Å². The quantitative estimate of drug-likeness (QED) is 0.776. The largest absolute Gasteiger partial charge is 0.360 e. The Bertz CT molecular complexity index is 847. The van der Waals surface area contributed by atoms with Gasteiger partial charge in [-0.1, -0.05) is 17.3 Å². The summed E-state index contributed by atoms with van der Waals surface area (Å²) in [6, 6.07) is 10.0. The number of hydrogen-bond donors (Lipinski definition) is 1. The van der Waals surface area contributed by atoms with Crippen molar-refractivity contribution in [1.29, 1.82) is 0 Å². The molecule has 3 aromatic rings. The average molecular weight is 356 g/mol. The lowest BCUT2D eigenvalue weighted by Gasteiger charge is -2.30. The highest BCUT2D eigenvalue weighted by molar-refractivity contribution is 7.18. The van der Waals surface area contributed by atoms with Gasteiger partial charge in [0.1, 0.15) is 5.76 Å². The van der Waals surface area contributed by atoms with Gasteiger partial charge in [0.15, 0.2) is 5.82 Å². The van der Waals surface area contributed by atoms with Gasteiger partial charge in [0, 0.05) is 12.0 Å². The lowest BCUT2D eigenvalue weighted by Crippen LogP contribution is -2.38. The number of piperidine rings is 1. The van der Waals surface area contributed by atoms with Crippen LogP contribution in [0.2, 0.25) is 0 Å². The maximum Gasteiger partial charge on any atom is 0.239 e. The highest BCUT2D eigenvalue weighted by atomic mass is 32.1. The molecule has 25 heavy (non-hydrogen) atoms. The zero-order valence-corrected chi connectivity index (χ0v) is 14.9. The number of rotatable bonds is 4. The van der Waals surface area contributed by atoms with Gasteiger partial charge in [-0.05, 0) is 45.0 Å². The molecule has 1 aromatic carbocycles. The summed E-state index contributed by atoms with van der Waals surface area (Å²) in [4.78, 5) is 19.1. The molecule has 0 unspecified atom stereocenters. The number of aromatic nitrogens is 2. The number of nitrogens with one attached hydrogen (secondary N) is 1. The first kappa shape index (κ1) is 16.2. The van der Waals surface area contributed by atoms with Crippen LogP contribution in [0.3, 0.4) is 0 Å². The molecule has 7 heteroatoms. The maximum atomic E-state index is 12.1. The standard InChI is InChI=1S/C18H20N4O2S/c1-12-10-16(21-24-12)20-17(23)11-22-8-6-13(7-9-22)18-19-14-4-2-3-5-15(14)25-18/h2-5,10,13H,6-9,11H2,1H3,(H,20,21,23). The second-order valence-electron chi connectivity index (χ2n) is 6.44. The van der Waals surface area contributed by atoms with E-state index in [4.69, 9.17) is 9.51 Å². The van der Waals surface area contributed by atoms with Crippen molar-refractivity contribution in [1.82, 2.24) is 15.0 Å². The molecule has 1 N–H and O–H groups in total. The Hall–Kier alpha value is -2.25. The van der Waals surface area contributed by atoms with Gasteiger partial charge in [-0.15, -0.1) is 11.3 Å². The van der Waals surface area contributed by atoms with E-state index in [1.165, 1.54) is 9.71 Å². The molecule has 0 spiro atoms. The number of hydrogen-bond acceptors (Lipinski definition) is 6. The van der Waals surface area contributed by atoms with Gasteiger partial charge in [-0.25, -0.2) is 4.98 Å². The fourth-order valence-corrected chi connectivity index (χ4v) is 4.35. The second-order valence-corrected chi connectivity index (χ2v) is 7.50. The van der Waals surface area contributed by atoms with Gasteiger partial charge in [0.05, 0.1) is 21.8 Å². The summed E-state index contributed by atoms with van der Waals surface area (Å²) in [5, 5.41) is 7.79. The number of benzene rings is 1. The minimum Gasteiger partial charge on any atom is -0.360 e. The van der Waals surface area contributed by atoms with Crippen LogP contribution < -0.4 is 5.32 Å². The van der Waals surface area contributed by atoms with Crippen LogP contribution >= 0.6 is 11.3 Å². The van der Waals surface area contributed by atoms with Crippen molar-refractivity contribution in [3.05, 3.63) is 41.1 Å². The second kappa shape index (κ2) is 6.93. The van der Waals surface area contributed by atoms with Crippen LogP contribution in [-0.2, 0) is 4.79 Å². The molecule has 2 aromatic heterocycles. The summed E-state index contributed by atoms with van der Waals surface area (Å²) in [6.07, 6.45) is 2.08. The van der Waals surface area contributed by atoms with Crippen LogP contribution in [0.25, 0.3) is 10.2 Å². The van der Waals surface area contributed by atoms with Crippen LogP contribution in [0.5, 0.6) is 0 Å².